The van der Waals surface area contributed by atoms with Crippen molar-refractivity contribution in [2.45, 2.75) is 48.8 Å². The number of nitrogens with zero attached hydrogens (tertiary/aromatic N) is 1. The predicted octanol–water partition coefficient (Wildman–Crippen LogP) is 6.40. The molecule has 310 valence electrons. The quantitative estimate of drug-likeness (QED) is 0.0645. The second-order valence-corrected chi connectivity index (χ2v) is 17.4. The van der Waals surface area contributed by atoms with Crippen molar-refractivity contribution in [1.29, 1.82) is 0 Å². The van der Waals surface area contributed by atoms with E-state index < -0.39 is 62.6 Å². The number of β-lactam (4-membered cyclic amide) rings is 1. The van der Waals surface area contributed by atoms with Crippen LogP contribution in [0.1, 0.15) is 52.1 Å². The Kier molecular flexibility index (Phi) is 12.7. The van der Waals surface area contributed by atoms with E-state index in [1.807, 2.05) is 72.8 Å². The summed E-state index contributed by atoms with van der Waals surface area (Å²) >= 11 is 6.76. The molecular weight excluding hydrogens is 810 g/mol. The Labute approximate surface area is 352 Å². The summed E-state index contributed by atoms with van der Waals surface area (Å²) in [5.74, 6) is -1.52. The number of carbonyl (C=O) groups is 4. The van der Waals surface area contributed by atoms with Crippen LogP contribution in [0, 0.1) is 0 Å². The molecular formula is C45H42ClN3O10S. The second kappa shape index (κ2) is 18.3. The minimum atomic E-state index is -4.22. The van der Waals surface area contributed by atoms with Crippen LogP contribution in [0.5, 0.6) is 11.5 Å². The zero-order valence-corrected chi connectivity index (χ0v) is 34.1. The topological polar surface area (TPSA) is 167 Å². The maximum Gasteiger partial charge on any atom is 0.407 e. The summed E-state index contributed by atoms with van der Waals surface area (Å²) in [6.45, 7) is 0.740. The van der Waals surface area contributed by atoms with Gasteiger partial charge in [0.15, 0.2) is 33.5 Å². The van der Waals surface area contributed by atoms with Crippen LogP contribution in [-0.4, -0.2) is 73.1 Å². The molecule has 0 radical (unpaired) electrons. The van der Waals surface area contributed by atoms with Crippen LogP contribution in [0.2, 0.25) is 5.02 Å². The van der Waals surface area contributed by atoms with Gasteiger partial charge in [-0.15, -0.1) is 0 Å². The Morgan fingerprint density at radius 1 is 0.767 bits per heavy atom. The molecule has 5 aromatic rings. The summed E-state index contributed by atoms with van der Waals surface area (Å²) in [6, 6.07) is 38.3. The molecule has 3 amide bonds. The Morgan fingerprint density at radius 2 is 1.30 bits per heavy atom. The van der Waals surface area contributed by atoms with Gasteiger partial charge in [0, 0.05) is 13.1 Å². The lowest BCUT2D eigenvalue weighted by molar-refractivity contribution is -0.164. The van der Waals surface area contributed by atoms with E-state index in [0.29, 0.717) is 16.9 Å². The minimum Gasteiger partial charge on any atom is -0.485 e. The van der Waals surface area contributed by atoms with Gasteiger partial charge in [0.1, 0.15) is 29.9 Å². The summed E-state index contributed by atoms with van der Waals surface area (Å²) in [6.07, 6.45) is -2.21. The molecule has 3 atom stereocenters. The van der Waals surface area contributed by atoms with Crippen LogP contribution < -0.4 is 20.1 Å². The lowest BCUT2D eigenvalue weighted by atomic mass is 9.96. The van der Waals surface area contributed by atoms with Gasteiger partial charge < -0.3 is 34.5 Å². The first-order valence-corrected chi connectivity index (χ1v) is 21.1. The Hall–Kier alpha value is -6.38. The van der Waals surface area contributed by atoms with Gasteiger partial charge in [-0.05, 0) is 41.3 Å². The minimum absolute atomic E-state index is 0.0301. The molecule has 3 unspecified atom stereocenters. The zero-order valence-electron chi connectivity index (χ0n) is 32.5. The van der Waals surface area contributed by atoms with E-state index in [9.17, 15) is 27.6 Å². The highest BCUT2D eigenvalue weighted by Gasteiger charge is 2.71. The third-order valence-electron chi connectivity index (χ3n) is 10.4. The van der Waals surface area contributed by atoms with Crippen molar-refractivity contribution in [3.63, 3.8) is 0 Å². The number of benzene rings is 5. The molecule has 2 saturated heterocycles. The average molecular weight is 852 g/mol. The number of hydrogen-bond acceptors (Lipinski definition) is 10. The molecule has 2 heterocycles. The number of rotatable bonds is 16. The third kappa shape index (κ3) is 8.80. The van der Waals surface area contributed by atoms with Crippen molar-refractivity contribution in [2.24, 2.45) is 0 Å². The monoisotopic (exact) mass is 851 g/mol. The van der Waals surface area contributed by atoms with Gasteiger partial charge in [0.2, 0.25) is 5.91 Å². The molecule has 2 aliphatic heterocycles. The molecule has 0 saturated carbocycles. The van der Waals surface area contributed by atoms with Crippen molar-refractivity contribution >= 4 is 45.3 Å². The van der Waals surface area contributed by atoms with Crippen LogP contribution >= 0.6 is 11.6 Å². The Morgan fingerprint density at radius 3 is 1.87 bits per heavy atom. The fourth-order valence-corrected chi connectivity index (χ4v) is 9.71. The number of nitrogens with one attached hydrogen (secondary N) is 2. The van der Waals surface area contributed by atoms with E-state index in [4.69, 9.17) is 30.5 Å². The Balaban J connectivity index is 0.978. The summed E-state index contributed by atoms with van der Waals surface area (Å²) in [7, 11) is -4.22. The van der Waals surface area contributed by atoms with Gasteiger partial charge in [-0.25, -0.2) is 18.0 Å². The molecule has 2 fully saturated rings. The van der Waals surface area contributed by atoms with Crippen molar-refractivity contribution in [2.75, 3.05) is 19.7 Å². The fraction of sp³-hybridized carbons (Fsp3) is 0.244. The number of hydrogen-bond donors (Lipinski definition) is 2. The van der Waals surface area contributed by atoms with Gasteiger partial charge in [0.05, 0.1) is 17.0 Å². The number of carbonyl (C=O) groups excluding carboxylic acids is 4. The normalized spacial score (nSPS) is 18.8. The highest BCUT2D eigenvalue weighted by atomic mass is 35.5. The molecule has 0 bridgehead atoms. The lowest BCUT2D eigenvalue weighted by Crippen LogP contribution is -2.58. The molecule has 7 rings (SSSR count). The lowest BCUT2D eigenvalue weighted by Gasteiger charge is -2.37. The van der Waals surface area contributed by atoms with E-state index in [0.717, 1.165) is 16.0 Å². The first-order chi connectivity index (χ1) is 29.0. The SMILES string of the molecule is CC1(COC(=O)NCCNC(=O)c2ccc(OCc3ccccc3)c(OCc3ccccc3)c2Cl)C(C(=O)OC(c2ccccc2)c2ccccc2)N2C(=O)CC2S1(=O)=O. The van der Waals surface area contributed by atoms with Crippen LogP contribution in [0.15, 0.2) is 133 Å². The summed E-state index contributed by atoms with van der Waals surface area (Å²) in [5.41, 5.74) is 3.18. The first-order valence-electron chi connectivity index (χ1n) is 19.2. The molecule has 60 heavy (non-hydrogen) atoms. The molecule has 15 heteroatoms. The standard InChI is InChI=1S/C45H42ClN3O10S/c1-45(41(49-36(50)26-37(49)60(45,54)55)43(52)59-39(32-18-10-4-11-19-32)33-20-12-5-13-21-33)29-58-44(53)48-25-24-47-42(51)34-22-23-35(56-27-30-14-6-2-7-15-30)40(38(34)46)57-28-31-16-8-3-9-17-31/h2-23,37,39,41H,24-29H2,1H3,(H,47,51)(H,48,53). The maximum atomic E-state index is 14.0. The van der Waals surface area contributed by atoms with Crippen molar-refractivity contribution in [3.8, 4) is 11.5 Å². The Bertz CT molecular complexity index is 2400. The second-order valence-electron chi connectivity index (χ2n) is 14.4. The van der Waals surface area contributed by atoms with E-state index >= 15 is 0 Å². The van der Waals surface area contributed by atoms with Gasteiger partial charge >= 0.3 is 12.1 Å². The van der Waals surface area contributed by atoms with Crippen LogP contribution in [0.3, 0.4) is 0 Å². The van der Waals surface area contributed by atoms with E-state index in [-0.39, 0.29) is 49.1 Å². The maximum absolute atomic E-state index is 14.0. The predicted molar refractivity (Wildman–Crippen MR) is 222 cm³/mol. The number of alkyl carbamates (subject to hydrolysis) is 1. The average Bonchev–Trinajstić information content (AvgIpc) is 3.41. The number of amides is 3. The smallest absolute Gasteiger partial charge is 0.407 e. The summed E-state index contributed by atoms with van der Waals surface area (Å²) in [4.78, 5) is 54.1. The van der Waals surface area contributed by atoms with E-state index in [1.165, 1.54) is 13.0 Å². The summed E-state index contributed by atoms with van der Waals surface area (Å²) < 4.78 is 49.2. The fourth-order valence-electron chi connectivity index (χ4n) is 7.14. The highest BCUT2D eigenvalue weighted by Crippen LogP contribution is 2.47. The van der Waals surface area contributed by atoms with Crippen LogP contribution in [0.25, 0.3) is 0 Å². The first kappa shape index (κ1) is 41.8. The molecule has 2 N–H and O–H groups in total. The number of halogens is 1. The van der Waals surface area contributed by atoms with Crippen molar-refractivity contribution in [1.82, 2.24) is 15.5 Å². The van der Waals surface area contributed by atoms with E-state index in [2.05, 4.69) is 10.6 Å². The zero-order chi connectivity index (χ0) is 42.3. The molecule has 0 spiro atoms. The van der Waals surface area contributed by atoms with E-state index in [1.54, 1.807) is 54.6 Å². The van der Waals surface area contributed by atoms with Gasteiger partial charge in [-0.3, -0.25) is 9.59 Å². The number of esters is 1. The van der Waals surface area contributed by atoms with Gasteiger partial charge in [-0.1, -0.05) is 133 Å². The molecule has 0 aromatic heterocycles. The number of sulfone groups is 1. The molecule has 2 aliphatic rings. The van der Waals surface area contributed by atoms with Crippen molar-refractivity contribution < 1.29 is 46.5 Å². The van der Waals surface area contributed by atoms with Crippen molar-refractivity contribution in [3.05, 3.63) is 166 Å². The highest BCUT2D eigenvalue weighted by molar-refractivity contribution is 7.94. The number of ether oxygens (including phenoxy) is 4. The molecule has 0 aliphatic carbocycles. The molecule has 13 nitrogen and oxygen atoms in total. The molecule has 5 aromatic carbocycles. The van der Waals surface area contributed by atoms with Gasteiger partial charge in [0.25, 0.3) is 5.91 Å². The van der Waals surface area contributed by atoms with Gasteiger partial charge in [-0.2, -0.15) is 0 Å². The third-order valence-corrected chi connectivity index (χ3v) is 13.5. The number of fused-ring (bicyclic) bond motifs is 1. The largest absolute Gasteiger partial charge is 0.485 e. The summed E-state index contributed by atoms with van der Waals surface area (Å²) in [5, 5.41) is 3.94. The van der Waals surface area contributed by atoms with Crippen LogP contribution in [-0.2, 0) is 42.1 Å². The van der Waals surface area contributed by atoms with Crippen LogP contribution in [0.4, 0.5) is 4.79 Å².